The molecule has 1 aliphatic heterocycles. The summed E-state index contributed by atoms with van der Waals surface area (Å²) in [5.74, 6) is 0.0179. The Morgan fingerprint density at radius 2 is 1.45 bits per heavy atom. The van der Waals surface area contributed by atoms with Crippen LogP contribution in [0.4, 0.5) is 0 Å². The van der Waals surface area contributed by atoms with Crippen molar-refractivity contribution in [2.24, 2.45) is 0 Å². The normalized spacial score (nSPS) is 19.1. The van der Waals surface area contributed by atoms with Gasteiger partial charge in [0.1, 0.15) is 6.10 Å². The number of hydrogen-bond acceptors (Lipinski definition) is 2. The van der Waals surface area contributed by atoms with Crippen molar-refractivity contribution < 1.29 is 9.53 Å². The predicted molar refractivity (Wildman–Crippen MR) is 84.8 cm³/mol. The van der Waals surface area contributed by atoms with E-state index in [-0.39, 0.29) is 12.1 Å². The maximum atomic E-state index is 11.2. The number of cyclic esters (lactones) is 1. The molecule has 2 nitrogen and oxygen atoms in total. The van der Waals surface area contributed by atoms with Crippen LogP contribution in [-0.4, -0.2) is 12.1 Å². The van der Waals surface area contributed by atoms with Gasteiger partial charge in [0, 0.05) is 6.42 Å². The first-order chi connectivity index (χ1) is 9.83. The van der Waals surface area contributed by atoms with E-state index < -0.39 is 0 Å². The zero-order chi connectivity index (χ0) is 14.5. The van der Waals surface area contributed by atoms with Crippen LogP contribution in [0.5, 0.6) is 0 Å². The van der Waals surface area contributed by atoms with Crippen molar-refractivity contribution in [2.45, 2.75) is 109 Å². The van der Waals surface area contributed by atoms with Gasteiger partial charge >= 0.3 is 5.97 Å². The molecule has 2 heteroatoms. The Bertz CT molecular complexity index is 238. The number of carbonyl (C=O) groups is 1. The van der Waals surface area contributed by atoms with Crippen LogP contribution < -0.4 is 0 Å². The third-order valence-electron chi connectivity index (χ3n) is 4.33. The molecule has 0 unspecified atom stereocenters. The number of carbonyl (C=O) groups excluding carboxylic acids is 1. The first kappa shape index (κ1) is 17.5. The Labute approximate surface area is 125 Å². The lowest BCUT2D eigenvalue weighted by Crippen LogP contribution is -2.23. The molecule has 1 saturated heterocycles. The summed E-state index contributed by atoms with van der Waals surface area (Å²) in [6, 6.07) is 0. The largest absolute Gasteiger partial charge is 0.462 e. The summed E-state index contributed by atoms with van der Waals surface area (Å²) < 4.78 is 5.34. The summed E-state index contributed by atoms with van der Waals surface area (Å²) in [4.78, 5) is 11.2. The molecular formula is C18H34O2. The van der Waals surface area contributed by atoms with E-state index >= 15 is 0 Å². The number of unbranched alkanes of at least 4 members (excludes halogenated alkanes) is 10. The monoisotopic (exact) mass is 282 g/mol. The number of esters is 1. The van der Waals surface area contributed by atoms with E-state index in [1.807, 2.05) is 0 Å². The van der Waals surface area contributed by atoms with Gasteiger partial charge in [0.05, 0.1) is 0 Å². The van der Waals surface area contributed by atoms with Crippen LogP contribution in [0.15, 0.2) is 0 Å². The Morgan fingerprint density at radius 3 is 2.00 bits per heavy atom. The average molecular weight is 282 g/mol. The second-order valence-electron chi connectivity index (χ2n) is 6.33. The van der Waals surface area contributed by atoms with E-state index in [1.54, 1.807) is 0 Å². The van der Waals surface area contributed by atoms with Crippen molar-refractivity contribution in [3.8, 4) is 0 Å². The van der Waals surface area contributed by atoms with E-state index in [2.05, 4.69) is 6.92 Å². The van der Waals surface area contributed by atoms with Crippen LogP contribution in [0.2, 0.25) is 0 Å². The molecule has 1 fully saturated rings. The highest BCUT2D eigenvalue weighted by Gasteiger charge is 2.19. The number of rotatable bonds is 12. The minimum Gasteiger partial charge on any atom is -0.462 e. The molecule has 0 saturated carbocycles. The van der Waals surface area contributed by atoms with Gasteiger partial charge in [-0.1, -0.05) is 71.1 Å². The van der Waals surface area contributed by atoms with Gasteiger partial charge in [0.25, 0.3) is 0 Å². The predicted octanol–water partition coefficient (Wildman–Crippen LogP) is 5.78. The minimum absolute atomic E-state index is 0.0179. The van der Waals surface area contributed by atoms with Crippen LogP contribution in [0.3, 0.4) is 0 Å². The van der Waals surface area contributed by atoms with Gasteiger partial charge in [-0.2, -0.15) is 0 Å². The zero-order valence-corrected chi connectivity index (χ0v) is 13.5. The van der Waals surface area contributed by atoms with Crippen LogP contribution in [0.1, 0.15) is 103 Å². The van der Waals surface area contributed by atoms with Gasteiger partial charge < -0.3 is 4.74 Å². The van der Waals surface area contributed by atoms with Gasteiger partial charge in [-0.25, -0.2) is 0 Å². The quantitative estimate of drug-likeness (QED) is 0.335. The van der Waals surface area contributed by atoms with Gasteiger partial charge in [-0.05, 0) is 25.7 Å². The molecule has 0 radical (unpaired) electrons. The van der Waals surface area contributed by atoms with Crippen molar-refractivity contribution in [1.82, 2.24) is 0 Å². The average Bonchev–Trinajstić information content (AvgIpc) is 2.45. The van der Waals surface area contributed by atoms with E-state index in [4.69, 9.17) is 4.74 Å². The summed E-state index contributed by atoms with van der Waals surface area (Å²) in [5, 5.41) is 0. The molecule has 0 amide bonds. The van der Waals surface area contributed by atoms with Crippen molar-refractivity contribution in [3.05, 3.63) is 0 Å². The van der Waals surface area contributed by atoms with Crippen LogP contribution in [0, 0.1) is 0 Å². The third-order valence-corrected chi connectivity index (χ3v) is 4.33. The molecule has 0 spiro atoms. The first-order valence-electron chi connectivity index (χ1n) is 9.02. The summed E-state index contributed by atoms with van der Waals surface area (Å²) in [6.07, 6.45) is 19.2. The lowest BCUT2D eigenvalue weighted by atomic mass is 10.0. The highest BCUT2D eigenvalue weighted by molar-refractivity contribution is 5.70. The minimum atomic E-state index is 0.0179. The topological polar surface area (TPSA) is 26.3 Å². The van der Waals surface area contributed by atoms with Crippen LogP contribution in [0.25, 0.3) is 0 Å². The summed E-state index contributed by atoms with van der Waals surface area (Å²) in [5.41, 5.74) is 0. The smallest absolute Gasteiger partial charge is 0.306 e. The second-order valence-corrected chi connectivity index (χ2v) is 6.33. The van der Waals surface area contributed by atoms with Gasteiger partial charge in [0.2, 0.25) is 0 Å². The van der Waals surface area contributed by atoms with Crippen molar-refractivity contribution >= 4 is 5.97 Å². The molecule has 20 heavy (non-hydrogen) atoms. The summed E-state index contributed by atoms with van der Waals surface area (Å²) in [6.45, 7) is 2.27. The third kappa shape index (κ3) is 9.39. The summed E-state index contributed by atoms with van der Waals surface area (Å²) in [7, 11) is 0. The van der Waals surface area contributed by atoms with Gasteiger partial charge in [0.15, 0.2) is 0 Å². The molecule has 1 atom stereocenters. The first-order valence-corrected chi connectivity index (χ1v) is 9.02. The van der Waals surface area contributed by atoms with Crippen molar-refractivity contribution in [1.29, 1.82) is 0 Å². The SMILES string of the molecule is CCCCCCCCCCCCC[C@H]1CCCC(=O)O1. The second kappa shape index (κ2) is 12.2. The van der Waals surface area contributed by atoms with Gasteiger partial charge in [-0.15, -0.1) is 0 Å². The van der Waals surface area contributed by atoms with Gasteiger partial charge in [-0.3, -0.25) is 4.79 Å². The van der Waals surface area contributed by atoms with Crippen LogP contribution in [-0.2, 0) is 9.53 Å². The van der Waals surface area contributed by atoms with Crippen molar-refractivity contribution in [3.63, 3.8) is 0 Å². The fraction of sp³-hybridized carbons (Fsp3) is 0.944. The highest BCUT2D eigenvalue weighted by Crippen LogP contribution is 2.20. The van der Waals surface area contributed by atoms with E-state index in [1.165, 1.54) is 70.6 Å². The Kier molecular flexibility index (Phi) is 10.7. The molecule has 1 aliphatic rings. The number of hydrogen-bond donors (Lipinski definition) is 0. The standard InChI is InChI=1S/C18H34O2/c1-2-3-4-5-6-7-8-9-10-11-12-14-17-15-13-16-18(19)20-17/h17H,2-16H2,1H3/t17-/m0/s1. The fourth-order valence-corrected chi connectivity index (χ4v) is 3.02. The van der Waals surface area contributed by atoms with E-state index in [0.717, 1.165) is 19.3 Å². The van der Waals surface area contributed by atoms with E-state index in [9.17, 15) is 4.79 Å². The molecule has 0 aromatic carbocycles. The number of ether oxygens (including phenoxy) is 1. The maximum Gasteiger partial charge on any atom is 0.306 e. The Balaban J connectivity index is 1.77. The van der Waals surface area contributed by atoms with Crippen molar-refractivity contribution in [2.75, 3.05) is 0 Å². The molecule has 0 aromatic heterocycles. The fourth-order valence-electron chi connectivity index (χ4n) is 3.02. The Hall–Kier alpha value is -0.530. The lowest BCUT2D eigenvalue weighted by molar-refractivity contribution is -0.154. The maximum absolute atomic E-state index is 11.2. The molecule has 0 N–H and O–H groups in total. The van der Waals surface area contributed by atoms with Crippen LogP contribution >= 0.6 is 0 Å². The molecule has 0 aliphatic carbocycles. The summed E-state index contributed by atoms with van der Waals surface area (Å²) >= 11 is 0. The lowest BCUT2D eigenvalue weighted by Gasteiger charge is -2.21. The zero-order valence-electron chi connectivity index (χ0n) is 13.5. The highest BCUT2D eigenvalue weighted by atomic mass is 16.5. The Morgan fingerprint density at radius 1 is 0.900 bits per heavy atom. The molecule has 0 aromatic rings. The molecule has 118 valence electrons. The van der Waals surface area contributed by atoms with E-state index in [0.29, 0.717) is 6.42 Å². The molecule has 1 rings (SSSR count). The molecular weight excluding hydrogens is 248 g/mol. The molecule has 1 heterocycles. The molecule has 0 bridgehead atoms.